The van der Waals surface area contributed by atoms with Crippen LogP contribution in [0.25, 0.3) is 0 Å². The molecule has 1 N–H and O–H groups in total. The topological polar surface area (TPSA) is 43.8 Å². The maximum Gasteiger partial charge on any atom is 0.304 e. The molecule has 1 aliphatic rings. The minimum Gasteiger partial charge on any atom is -0.481 e. The Bertz CT molecular complexity index is 225. The number of piperazine rings is 1. The smallest absolute Gasteiger partial charge is 0.304 e. The zero-order valence-electron chi connectivity index (χ0n) is 10.6. The van der Waals surface area contributed by atoms with Gasteiger partial charge in [0.25, 0.3) is 0 Å². The second-order valence-corrected chi connectivity index (χ2v) is 4.78. The van der Waals surface area contributed by atoms with Gasteiger partial charge >= 0.3 is 5.97 Å². The first-order valence-corrected chi connectivity index (χ1v) is 6.24. The SMILES string of the molecule is CCC(C)N1CCN(C(C)CC(=O)O)CC1. The van der Waals surface area contributed by atoms with Crippen LogP contribution in [0.2, 0.25) is 0 Å². The van der Waals surface area contributed by atoms with Crippen molar-refractivity contribution in [2.24, 2.45) is 0 Å². The summed E-state index contributed by atoms with van der Waals surface area (Å²) in [5.41, 5.74) is 0. The Balaban J connectivity index is 2.33. The van der Waals surface area contributed by atoms with Gasteiger partial charge in [-0.3, -0.25) is 14.6 Å². The highest BCUT2D eigenvalue weighted by Gasteiger charge is 2.24. The molecule has 4 heteroatoms. The van der Waals surface area contributed by atoms with Gasteiger partial charge in [0.15, 0.2) is 0 Å². The minimum absolute atomic E-state index is 0.164. The van der Waals surface area contributed by atoms with Crippen LogP contribution in [0.4, 0.5) is 0 Å². The number of hydrogen-bond donors (Lipinski definition) is 1. The van der Waals surface area contributed by atoms with Crippen molar-refractivity contribution in [1.29, 1.82) is 0 Å². The molecule has 1 heterocycles. The Morgan fingerprint density at radius 3 is 1.94 bits per heavy atom. The number of carboxylic acid groups (broad SMARTS) is 1. The fraction of sp³-hybridized carbons (Fsp3) is 0.917. The van der Waals surface area contributed by atoms with Crippen molar-refractivity contribution >= 4 is 5.97 Å². The van der Waals surface area contributed by atoms with Crippen molar-refractivity contribution < 1.29 is 9.90 Å². The molecular weight excluding hydrogens is 204 g/mol. The van der Waals surface area contributed by atoms with Gasteiger partial charge in [-0.15, -0.1) is 0 Å². The Labute approximate surface area is 98.2 Å². The molecule has 0 saturated carbocycles. The first-order chi connectivity index (χ1) is 7.54. The van der Waals surface area contributed by atoms with Crippen LogP contribution in [0.3, 0.4) is 0 Å². The predicted octanol–water partition coefficient (Wildman–Crippen LogP) is 1.27. The average Bonchev–Trinajstić information content (AvgIpc) is 2.27. The van der Waals surface area contributed by atoms with E-state index in [0.29, 0.717) is 6.04 Å². The van der Waals surface area contributed by atoms with Gasteiger partial charge in [0.2, 0.25) is 0 Å². The van der Waals surface area contributed by atoms with E-state index in [-0.39, 0.29) is 12.5 Å². The van der Waals surface area contributed by atoms with Crippen LogP contribution in [-0.2, 0) is 4.79 Å². The Morgan fingerprint density at radius 1 is 1.12 bits per heavy atom. The lowest BCUT2D eigenvalue weighted by molar-refractivity contribution is -0.138. The predicted molar refractivity (Wildman–Crippen MR) is 64.6 cm³/mol. The van der Waals surface area contributed by atoms with E-state index in [1.54, 1.807) is 0 Å². The van der Waals surface area contributed by atoms with Crippen molar-refractivity contribution in [3.05, 3.63) is 0 Å². The molecule has 0 amide bonds. The summed E-state index contributed by atoms with van der Waals surface area (Å²) < 4.78 is 0. The zero-order valence-corrected chi connectivity index (χ0v) is 10.6. The van der Waals surface area contributed by atoms with Gasteiger partial charge in [-0.05, 0) is 20.3 Å². The van der Waals surface area contributed by atoms with Gasteiger partial charge in [0.1, 0.15) is 0 Å². The van der Waals surface area contributed by atoms with Crippen LogP contribution in [0.1, 0.15) is 33.6 Å². The number of carbonyl (C=O) groups is 1. The first kappa shape index (κ1) is 13.5. The summed E-state index contributed by atoms with van der Waals surface area (Å²) in [4.78, 5) is 15.4. The molecule has 1 saturated heterocycles. The summed E-state index contributed by atoms with van der Waals surface area (Å²) in [7, 11) is 0. The Morgan fingerprint density at radius 2 is 1.56 bits per heavy atom. The summed E-state index contributed by atoms with van der Waals surface area (Å²) in [6.45, 7) is 10.6. The largest absolute Gasteiger partial charge is 0.481 e. The lowest BCUT2D eigenvalue weighted by Gasteiger charge is -2.40. The Hall–Kier alpha value is -0.610. The molecule has 94 valence electrons. The normalized spacial score (nSPS) is 22.9. The number of aliphatic carboxylic acids is 1. The van der Waals surface area contributed by atoms with Gasteiger partial charge in [-0.1, -0.05) is 6.92 Å². The highest BCUT2D eigenvalue weighted by molar-refractivity contribution is 5.67. The van der Waals surface area contributed by atoms with Gasteiger partial charge < -0.3 is 5.11 Å². The molecule has 0 aliphatic carbocycles. The third-order valence-corrected chi connectivity index (χ3v) is 3.66. The molecule has 16 heavy (non-hydrogen) atoms. The van der Waals surface area contributed by atoms with E-state index in [0.717, 1.165) is 26.2 Å². The van der Waals surface area contributed by atoms with Crippen molar-refractivity contribution in [3.8, 4) is 0 Å². The van der Waals surface area contributed by atoms with E-state index in [4.69, 9.17) is 5.11 Å². The molecule has 0 aromatic carbocycles. The quantitative estimate of drug-likeness (QED) is 0.769. The van der Waals surface area contributed by atoms with Crippen LogP contribution in [0, 0.1) is 0 Å². The van der Waals surface area contributed by atoms with E-state index in [2.05, 4.69) is 23.6 Å². The zero-order chi connectivity index (χ0) is 12.1. The molecule has 1 fully saturated rings. The minimum atomic E-state index is -0.697. The van der Waals surface area contributed by atoms with E-state index in [9.17, 15) is 4.79 Å². The molecule has 2 atom stereocenters. The van der Waals surface area contributed by atoms with Gasteiger partial charge in [-0.25, -0.2) is 0 Å². The molecule has 0 bridgehead atoms. The van der Waals surface area contributed by atoms with Crippen LogP contribution in [0.5, 0.6) is 0 Å². The maximum atomic E-state index is 10.6. The molecule has 2 unspecified atom stereocenters. The lowest BCUT2D eigenvalue weighted by atomic mass is 10.1. The summed E-state index contributed by atoms with van der Waals surface area (Å²) in [5, 5.41) is 8.76. The van der Waals surface area contributed by atoms with Gasteiger partial charge in [0.05, 0.1) is 6.42 Å². The summed E-state index contributed by atoms with van der Waals surface area (Å²) in [6, 6.07) is 0.813. The molecule has 0 aromatic rings. The van der Waals surface area contributed by atoms with Crippen molar-refractivity contribution in [2.75, 3.05) is 26.2 Å². The van der Waals surface area contributed by atoms with E-state index >= 15 is 0 Å². The fourth-order valence-corrected chi connectivity index (χ4v) is 2.26. The van der Waals surface area contributed by atoms with E-state index in [1.165, 1.54) is 6.42 Å². The monoisotopic (exact) mass is 228 g/mol. The third kappa shape index (κ3) is 3.76. The summed E-state index contributed by atoms with van der Waals surface area (Å²) in [5.74, 6) is -0.697. The van der Waals surface area contributed by atoms with Crippen molar-refractivity contribution in [1.82, 2.24) is 9.80 Å². The molecule has 0 spiro atoms. The highest BCUT2D eigenvalue weighted by Crippen LogP contribution is 2.12. The average molecular weight is 228 g/mol. The fourth-order valence-electron chi connectivity index (χ4n) is 2.26. The summed E-state index contributed by atoms with van der Waals surface area (Å²) in [6.07, 6.45) is 1.44. The van der Waals surface area contributed by atoms with Crippen LogP contribution < -0.4 is 0 Å². The second-order valence-electron chi connectivity index (χ2n) is 4.78. The molecule has 0 radical (unpaired) electrons. The highest BCUT2D eigenvalue weighted by atomic mass is 16.4. The van der Waals surface area contributed by atoms with Crippen molar-refractivity contribution in [3.63, 3.8) is 0 Å². The standard InChI is InChI=1S/C12H24N2O2/c1-4-10(2)13-5-7-14(8-6-13)11(3)9-12(15)16/h10-11H,4-9H2,1-3H3,(H,15,16). The number of hydrogen-bond acceptors (Lipinski definition) is 3. The number of carboxylic acids is 1. The molecular formula is C12H24N2O2. The maximum absolute atomic E-state index is 10.6. The van der Waals surface area contributed by atoms with Gasteiger partial charge in [-0.2, -0.15) is 0 Å². The first-order valence-electron chi connectivity index (χ1n) is 6.24. The molecule has 1 aliphatic heterocycles. The van der Waals surface area contributed by atoms with Crippen molar-refractivity contribution in [2.45, 2.75) is 45.7 Å². The molecule has 0 aromatic heterocycles. The van der Waals surface area contributed by atoms with E-state index in [1.807, 2.05) is 6.92 Å². The molecule has 4 nitrogen and oxygen atoms in total. The van der Waals surface area contributed by atoms with Crippen LogP contribution >= 0.6 is 0 Å². The van der Waals surface area contributed by atoms with Gasteiger partial charge in [0, 0.05) is 38.3 Å². The van der Waals surface area contributed by atoms with Crippen LogP contribution in [-0.4, -0.2) is 59.1 Å². The Kier molecular flexibility index (Phi) is 5.22. The van der Waals surface area contributed by atoms with E-state index < -0.39 is 5.97 Å². The lowest BCUT2D eigenvalue weighted by Crippen LogP contribution is -2.52. The molecule has 1 rings (SSSR count). The second kappa shape index (κ2) is 6.21. The van der Waals surface area contributed by atoms with Crippen LogP contribution in [0.15, 0.2) is 0 Å². The number of rotatable bonds is 5. The third-order valence-electron chi connectivity index (χ3n) is 3.66. The number of nitrogens with zero attached hydrogens (tertiary/aromatic N) is 2. The summed E-state index contributed by atoms with van der Waals surface area (Å²) >= 11 is 0.